The van der Waals surface area contributed by atoms with Gasteiger partial charge in [-0.15, -0.1) is 0 Å². The molecule has 0 rings (SSSR count). The lowest BCUT2D eigenvalue weighted by molar-refractivity contribution is -0.0263. The van der Waals surface area contributed by atoms with Gasteiger partial charge in [-0.25, -0.2) is 0 Å². The summed E-state index contributed by atoms with van der Waals surface area (Å²) in [5.74, 6) is 0. The quantitative estimate of drug-likeness (QED) is 0.0811. The van der Waals surface area contributed by atoms with Crippen molar-refractivity contribution >= 4 is 0 Å². The Kier molecular flexibility index (Phi) is 45.1. The van der Waals surface area contributed by atoms with E-state index in [0.717, 1.165) is 13.0 Å². The first-order chi connectivity index (χ1) is 23.4. The van der Waals surface area contributed by atoms with Gasteiger partial charge in [0.25, 0.3) is 0 Å². The molecule has 11 heteroatoms. The van der Waals surface area contributed by atoms with Gasteiger partial charge in [-0.2, -0.15) is 0 Å². The minimum atomic E-state index is 0.527. The van der Waals surface area contributed by atoms with Gasteiger partial charge in [-0.1, -0.05) is 90.4 Å². The molecule has 0 radical (unpaired) electrons. The summed E-state index contributed by atoms with van der Waals surface area (Å²) in [6, 6.07) is 0. The first-order valence-corrected chi connectivity index (χ1v) is 18.9. The number of unbranched alkanes of at least 4 members (excludes halogenated alkanes) is 13. The summed E-state index contributed by atoms with van der Waals surface area (Å²) in [6.45, 7) is 14.1. The summed E-state index contributed by atoms with van der Waals surface area (Å²) in [6.07, 6.45) is 19.3. The molecule has 0 aromatic heterocycles. The van der Waals surface area contributed by atoms with Gasteiger partial charge >= 0.3 is 0 Å². The predicted octanol–water partition coefficient (Wildman–Crippen LogP) is 5.59. The van der Waals surface area contributed by atoms with Crippen LogP contribution in [-0.2, 0) is 47.4 Å². The molecule has 0 aliphatic rings. The monoisotopic (exact) mass is 682 g/mol. The van der Waals surface area contributed by atoms with Gasteiger partial charge in [0.15, 0.2) is 0 Å². The van der Waals surface area contributed by atoms with Crippen LogP contribution in [0, 0.1) is 0 Å². The molecule has 0 saturated carbocycles. The van der Waals surface area contributed by atoms with E-state index in [1.54, 1.807) is 0 Å². The third kappa shape index (κ3) is 45.6. The molecule has 0 aromatic carbocycles. The molecule has 0 unspecified atom stereocenters. The first kappa shape index (κ1) is 46.6. The Bertz CT molecular complexity index is 492. The van der Waals surface area contributed by atoms with Crippen molar-refractivity contribution in [2.75, 3.05) is 139 Å². The highest BCUT2D eigenvalue weighted by atomic mass is 16.6. The number of hydrogen-bond donors (Lipinski definition) is 1. The van der Waals surface area contributed by atoms with Gasteiger partial charge in [0.1, 0.15) is 0 Å². The third-order valence-electron chi connectivity index (χ3n) is 7.25. The standard InChI is InChI=1S/C36H75NO10/c1-2-3-4-5-6-7-8-9-10-11-12-13-14-15-17-38-19-21-40-23-25-42-27-29-44-31-33-46-35-36-47-34-32-45-30-28-43-26-24-41-22-20-39-18-16-37/h2-37H2,1H3. The summed E-state index contributed by atoms with van der Waals surface area (Å²) in [5, 5.41) is 0. The van der Waals surface area contributed by atoms with Gasteiger partial charge in [-0.05, 0) is 6.42 Å². The fourth-order valence-corrected chi connectivity index (χ4v) is 4.56. The van der Waals surface area contributed by atoms with E-state index < -0.39 is 0 Å². The van der Waals surface area contributed by atoms with Crippen LogP contribution >= 0.6 is 0 Å². The van der Waals surface area contributed by atoms with E-state index in [9.17, 15) is 0 Å². The van der Waals surface area contributed by atoms with Crippen molar-refractivity contribution in [1.29, 1.82) is 0 Å². The van der Waals surface area contributed by atoms with Crippen molar-refractivity contribution in [2.45, 2.75) is 96.8 Å². The Balaban J connectivity index is 3.03. The Morgan fingerprint density at radius 1 is 0.234 bits per heavy atom. The molecule has 11 nitrogen and oxygen atoms in total. The highest BCUT2D eigenvalue weighted by molar-refractivity contribution is 4.49. The van der Waals surface area contributed by atoms with Gasteiger partial charge in [0.2, 0.25) is 0 Å². The molecule has 0 heterocycles. The second kappa shape index (κ2) is 45.6. The molecule has 0 aliphatic heterocycles. The average Bonchev–Trinajstić information content (AvgIpc) is 3.08. The lowest BCUT2D eigenvalue weighted by Gasteiger charge is -2.09. The molecule has 0 bridgehead atoms. The fourth-order valence-electron chi connectivity index (χ4n) is 4.56. The van der Waals surface area contributed by atoms with Crippen molar-refractivity contribution in [3.05, 3.63) is 0 Å². The largest absolute Gasteiger partial charge is 0.379 e. The molecular formula is C36H75NO10. The topological polar surface area (TPSA) is 118 Å². The van der Waals surface area contributed by atoms with Crippen molar-refractivity contribution in [2.24, 2.45) is 5.73 Å². The van der Waals surface area contributed by atoms with Gasteiger partial charge in [-0.3, -0.25) is 0 Å². The molecule has 0 spiro atoms. The van der Waals surface area contributed by atoms with E-state index in [1.807, 2.05) is 0 Å². The lowest BCUT2D eigenvalue weighted by atomic mass is 10.0. The SMILES string of the molecule is CCCCCCCCCCCCCCCCOCCOCCOCCOCCOCCOCCOCCOCCOCCOCCN. The van der Waals surface area contributed by atoms with Crippen molar-refractivity contribution in [3.8, 4) is 0 Å². The smallest absolute Gasteiger partial charge is 0.0701 e. The molecule has 0 amide bonds. The Morgan fingerprint density at radius 3 is 0.660 bits per heavy atom. The van der Waals surface area contributed by atoms with Crippen LogP contribution in [0.1, 0.15) is 96.8 Å². The van der Waals surface area contributed by atoms with Crippen LogP contribution in [0.2, 0.25) is 0 Å². The average molecular weight is 682 g/mol. The first-order valence-electron chi connectivity index (χ1n) is 18.9. The molecule has 47 heavy (non-hydrogen) atoms. The predicted molar refractivity (Wildman–Crippen MR) is 188 cm³/mol. The summed E-state index contributed by atoms with van der Waals surface area (Å²) in [5.41, 5.74) is 5.34. The number of nitrogens with two attached hydrogens (primary N) is 1. The molecule has 0 atom stereocenters. The molecule has 2 N–H and O–H groups in total. The van der Waals surface area contributed by atoms with E-state index >= 15 is 0 Å². The summed E-state index contributed by atoms with van der Waals surface area (Å²) in [7, 11) is 0. The zero-order chi connectivity index (χ0) is 33.8. The van der Waals surface area contributed by atoms with Crippen molar-refractivity contribution in [1.82, 2.24) is 0 Å². The molecule has 0 fully saturated rings. The van der Waals surface area contributed by atoms with Crippen molar-refractivity contribution < 1.29 is 47.4 Å². The maximum absolute atomic E-state index is 5.68. The highest BCUT2D eigenvalue weighted by Gasteiger charge is 1.97. The number of rotatable bonds is 44. The van der Waals surface area contributed by atoms with Gasteiger partial charge in [0, 0.05) is 13.2 Å². The lowest BCUT2D eigenvalue weighted by Crippen LogP contribution is -2.15. The second-order valence-electron chi connectivity index (χ2n) is 11.5. The minimum absolute atomic E-state index is 0.527. The van der Waals surface area contributed by atoms with E-state index in [2.05, 4.69) is 6.92 Å². The normalized spacial score (nSPS) is 11.6. The highest BCUT2D eigenvalue weighted by Crippen LogP contribution is 2.13. The van der Waals surface area contributed by atoms with Crippen LogP contribution in [0.25, 0.3) is 0 Å². The number of ether oxygens (including phenoxy) is 10. The maximum atomic E-state index is 5.68. The Morgan fingerprint density at radius 2 is 0.426 bits per heavy atom. The molecule has 284 valence electrons. The summed E-state index contributed by atoms with van der Waals surface area (Å²) < 4.78 is 54.7. The molecule has 0 aromatic rings. The fraction of sp³-hybridized carbons (Fsp3) is 1.00. The molecule has 0 aliphatic carbocycles. The zero-order valence-electron chi connectivity index (χ0n) is 30.4. The van der Waals surface area contributed by atoms with Gasteiger partial charge < -0.3 is 53.1 Å². The molecule has 0 saturated heterocycles. The van der Waals surface area contributed by atoms with Crippen molar-refractivity contribution in [3.63, 3.8) is 0 Å². The molecular weight excluding hydrogens is 606 g/mol. The van der Waals surface area contributed by atoms with Crippen LogP contribution in [0.5, 0.6) is 0 Å². The minimum Gasteiger partial charge on any atom is -0.379 e. The van der Waals surface area contributed by atoms with E-state index in [0.29, 0.717) is 132 Å². The van der Waals surface area contributed by atoms with E-state index in [-0.39, 0.29) is 0 Å². The van der Waals surface area contributed by atoms with Crippen LogP contribution in [0.4, 0.5) is 0 Å². The Hall–Kier alpha value is -0.440. The maximum Gasteiger partial charge on any atom is 0.0701 e. The van der Waals surface area contributed by atoms with E-state index in [1.165, 1.54) is 83.5 Å². The summed E-state index contributed by atoms with van der Waals surface area (Å²) >= 11 is 0. The van der Waals surface area contributed by atoms with Crippen LogP contribution in [0.3, 0.4) is 0 Å². The second-order valence-corrected chi connectivity index (χ2v) is 11.5. The van der Waals surface area contributed by atoms with Crippen LogP contribution < -0.4 is 5.73 Å². The van der Waals surface area contributed by atoms with Gasteiger partial charge in [0.05, 0.1) is 126 Å². The van der Waals surface area contributed by atoms with Crippen LogP contribution in [-0.4, -0.2) is 139 Å². The Labute approximate surface area is 288 Å². The van der Waals surface area contributed by atoms with Crippen LogP contribution in [0.15, 0.2) is 0 Å². The third-order valence-corrected chi connectivity index (χ3v) is 7.25. The number of hydrogen-bond acceptors (Lipinski definition) is 11. The zero-order valence-corrected chi connectivity index (χ0v) is 30.4. The van der Waals surface area contributed by atoms with E-state index in [4.69, 9.17) is 53.1 Å². The summed E-state index contributed by atoms with van der Waals surface area (Å²) in [4.78, 5) is 0.